The van der Waals surface area contributed by atoms with Crippen molar-refractivity contribution in [3.63, 3.8) is 0 Å². The molecule has 12 atom stereocenters. The van der Waals surface area contributed by atoms with Crippen molar-refractivity contribution in [2.45, 2.75) is 85.4 Å². The number of Topliss-reactive ketones (excluding diaryl/α,β-unsaturated/α-hetero) is 1. The van der Waals surface area contributed by atoms with Gasteiger partial charge in [0.15, 0.2) is 0 Å². The van der Waals surface area contributed by atoms with Gasteiger partial charge in [0.05, 0.1) is 12.0 Å². The summed E-state index contributed by atoms with van der Waals surface area (Å²) in [5.74, 6) is 2.73. The lowest BCUT2D eigenvalue weighted by molar-refractivity contribution is -0.194. The molecule has 2 heterocycles. The number of ketones is 1. The van der Waals surface area contributed by atoms with Gasteiger partial charge in [-0.1, -0.05) is 34.6 Å². The number of hydrogen-bond donors (Lipinski definition) is 1. The Morgan fingerprint density at radius 2 is 1.87 bits per heavy atom. The lowest BCUT2D eigenvalue weighted by Crippen LogP contribution is -2.64. The second kappa shape index (κ2) is 9.63. The van der Waals surface area contributed by atoms with Crippen molar-refractivity contribution in [3.05, 3.63) is 0 Å². The molecule has 2 aliphatic heterocycles. The molecule has 0 spiro atoms. The third-order valence-corrected chi connectivity index (χ3v) is 12.4. The fourth-order valence-electron chi connectivity index (χ4n) is 9.62. The van der Waals surface area contributed by atoms with Crippen LogP contribution >= 0.6 is 0 Å². The molecule has 0 aromatic rings. The SMILES string of the molecule is C#CC(C)[C@]1(C)C[C@@H](OC(=O)NC(=O)[C@H]2CN3CC[C@H]2C3)[C@@]2(C)C3[C@H](OC)CCC3(CC[C@H]2C)[C@@H](C)C1=O. The fraction of sp³-hybridized carbons (Fsp3) is 0.839. The average molecular weight is 527 g/mol. The molecule has 5 rings (SSSR count). The summed E-state index contributed by atoms with van der Waals surface area (Å²) in [4.78, 5) is 43.1. The quantitative estimate of drug-likeness (QED) is 0.550. The van der Waals surface area contributed by atoms with Gasteiger partial charge in [0.2, 0.25) is 5.91 Å². The van der Waals surface area contributed by atoms with Crippen molar-refractivity contribution in [1.29, 1.82) is 0 Å². The zero-order valence-corrected chi connectivity index (χ0v) is 24.0. The number of terminal acetylenes is 1. The average Bonchev–Trinajstić information content (AvgIpc) is 3.63. The van der Waals surface area contributed by atoms with Gasteiger partial charge in [-0.3, -0.25) is 14.9 Å². The van der Waals surface area contributed by atoms with Crippen LogP contribution in [-0.4, -0.2) is 61.6 Å². The molecule has 5 fully saturated rings. The Bertz CT molecular complexity index is 1040. The highest BCUT2D eigenvalue weighted by molar-refractivity contribution is 5.94. The number of fused-ring (bicyclic) bond motifs is 2. The first-order chi connectivity index (χ1) is 17.9. The zero-order chi connectivity index (χ0) is 27.6. The molecular formula is C31H46N2O5. The van der Waals surface area contributed by atoms with E-state index in [1.54, 1.807) is 7.11 Å². The van der Waals surface area contributed by atoms with E-state index in [9.17, 15) is 14.4 Å². The van der Waals surface area contributed by atoms with Gasteiger partial charge in [0.1, 0.15) is 11.9 Å². The van der Waals surface area contributed by atoms with Crippen LogP contribution in [0.25, 0.3) is 0 Å². The summed E-state index contributed by atoms with van der Waals surface area (Å²) in [6.07, 6.45) is 9.71. The number of alkyl carbamates (subject to hydrolysis) is 1. The molecule has 0 aromatic heterocycles. The molecule has 2 saturated heterocycles. The number of methoxy groups -OCH3 is 1. The van der Waals surface area contributed by atoms with Crippen LogP contribution in [0.15, 0.2) is 0 Å². The normalized spacial score (nSPS) is 48.4. The molecular weight excluding hydrogens is 480 g/mol. The molecule has 3 aliphatic carbocycles. The summed E-state index contributed by atoms with van der Waals surface area (Å²) in [5.41, 5.74) is -1.50. The van der Waals surface area contributed by atoms with Crippen molar-refractivity contribution in [3.8, 4) is 12.3 Å². The topological polar surface area (TPSA) is 84.9 Å². The first-order valence-electron chi connectivity index (χ1n) is 14.7. The molecule has 0 aromatic carbocycles. The maximum absolute atomic E-state index is 14.3. The third kappa shape index (κ3) is 3.88. The Balaban J connectivity index is 1.51. The molecule has 1 N–H and O–H groups in total. The fourth-order valence-corrected chi connectivity index (χ4v) is 9.62. The van der Waals surface area contributed by atoms with E-state index in [-0.39, 0.29) is 52.8 Å². The molecule has 7 nitrogen and oxygen atoms in total. The molecule has 210 valence electrons. The first kappa shape index (κ1) is 27.6. The van der Waals surface area contributed by atoms with Gasteiger partial charge in [-0.2, -0.15) is 0 Å². The van der Waals surface area contributed by atoms with Gasteiger partial charge in [0, 0.05) is 48.8 Å². The number of rotatable bonds is 4. The van der Waals surface area contributed by atoms with E-state index in [1.807, 2.05) is 13.8 Å². The Labute approximate surface area is 228 Å². The van der Waals surface area contributed by atoms with Crippen LogP contribution in [0.1, 0.15) is 73.1 Å². The monoisotopic (exact) mass is 526 g/mol. The number of nitrogens with one attached hydrogen (secondary N) is 1. The Morgan fingerprint density at radius 3 is 2.47 bits per heavy atom. The largest absolute Gasteiger partial charge is 0.445 e. The minimum Gasteiger partial charge on any atom is -0.445 e. The highest BCUT2D eigenvalue weighted by atomic mass is 16.6. The predicted molar refractivity (Wildman–Crippen MR) is 144 cm³/mol. The van der Waals surface area contributed by atoms with Crippen molar-refractivity contribution in [1.82, 2.24) is 10.2 Å². The smallest absolute Gasteiger partial charge is 0.414 e. The van der Waals surface area contributed by atoms with Crippen LogP contribution in [0.5, 0.6) is 0 Å². The molecule has 3 saturated carbocycles. The van der Waals surface area contributed by atoms with Crippen LogP contribution in [-0.2, 0) is 19.1 Å². The molecule has 5 aliphatic rings. The van der Waals surface area contributed by atoms with E-state index in [0.717, 1.165) is 45.2 Å². The van der Waals surface area contributed by atoms with Gasteiger partial charge in [0.25, 0.3) is 0 Å². The Morgan fingerprint density at radius 1 is 1.16 bits per heavy atom. The number of piperidine rings is 1. The summed E-state index contributed by atoms with van der Waals surface area (Å²) in [6, 6.07) is 0. The summed E-state index contributed by atoms with van der Waals surface area (Å²) >= 11 is 0. The molecule has 2 amide bonds. The van der Waals surface area contributed by atoms with Gasteiger partial charge in [-0.25, -0.2) is 4.79 Å². The van der Waals surface area contributed by atoms with Crippen LogP contribution < -0.4 is 5.32 Å². The van der Waals surface area contributed by atoms with Gasteiger partial charge in [-0.15, -0.1) is 12.3 Å². The maximum atomic E-state index is 14.3. The summed E-state index contributed by atoms with van der Waals surface area (Å²) in [6.45, 7) is 13.1. The highest BCUT2D eigenvalue weighted by Crippen LogP contribution is 2.69. The minimum atomic E-state index is -0.845. The van der Waals surface area contributed by atoms with E-state index in [4.69, 9.17) is 15.9 Å². The number of carbonyl (C=O) groups excluding carboxylic acids is 3. The predicted octanol–water partition coefficient (Wildman–Crippen LogP) is 4.29. The Hall–Kier alpha value is -1.91. The number of ether oxygens (including phenoxy) is 2. The van der Waals surface area contributed by atoms with Crippen LogP contribution in [0.2, 0.25) is 0 Å². The minimum absolute atomic E-state index is 0.00806. The van der Waals surface area contributed by atoms with Crippen LogP contribution in [0, 0.1) is 64.1 Å². The van der Waals surface area contributed by atoms with E-state index >= 15 is 0 Å². The van der Waals surface area contributed by atoms with Gasteiger partial charge < -0.3 is 14.4 Å². The summed E-state index contributed by atoms with van der Waals surface area (Å²) in [5, 5.41) is 2.59. The van der Waals surface area contributed by atoms with Gasteiger partial charge in [-0.05, 0) is 62.3 Å². The molecule has 4 bridgehead atoms. The Kier molecular flexibility index (Phi) is 7.00. The van der Waals surface area contributed by atoms with Gasteiger partial charge >= 0.3 is 6.09 Å². The number of hydrogen-bond acceptors (Lipinski definition) is 6. The number of imide groups is 1. The zero-order valence-electron chi connectivity index (χ0n) is 24.0. The number of nitrogens with zero attached hydrogens (tertiary/aromatic N) is 1. The molecule has 38 heavy (non-hydrogen) atoms. The molecule has 0 radical (unpaired) electrons. The lowest BCUT2D eigenvalue weighted by atomic mass is 9.43. The van der Waals surface area contributed by atoms with Crippen molar-refractivity contribution in [2.24, 2.45) is 51.8 Å². The lowest BCUT2D eigenvalue weighted by Gasteiger charge is -2.62. The summed E-state index contributed by atoms with van der Waals surface area (Å²) < 4.78 is 12.4. The number of amides is 2. The highest BCUT2D eigenvalue weighted by Gasteiger charge is 2.69. The van der Waals surface area contributed by atoms with E-state index < -0.39 is 23.0 Å². The van der Waals surface area contributed by atoms with E-state index in [1.165, 1.54) is 0 Å². The summed E-state index contributed by atoms with van der Waals surface area (Å²) in [7, 11) is 1.76. The number of carbonyl (C=O) groups is 3. The second-order valence-corrected chi connectivity index (χ2v) is 13.7. The van der Waals surface area contributed by atoms with Crippen molar-refractivity contribution < 1.29 is 23.9 Å². The second-order valence-electron chi connectivity index (χ2n) is 13.7. The van der Waals surface area contributed by atoms with Crippen molar-refractivity contribution in [2.75, 3.05) is 26.7 Å². The van der Waals surface area contributed by atoms with Crippen molar-refractivity contribution >= 4 is 17.8 Å². The maximum Gasteiger partial charge on any atom is 0.414 e. The molecule has 4 unspecified atom stereocenters. The molecule has 7 heteroatoms. The van der Waals surface area contributed by atoms with E-state index in [0.29, 0.717) is 18.9 Å². The van der Waals surface area contributed by atoms with Crippen LogP contribution in [0.3, 0.4) is 0 Å². The third-order valence-electron chi connectivity index (χ3n) is 12.4. The first-order valence-corrected chi connectivity index (χ1v) is 14.7. The van der Waals surface area contributed by atoms with E-state index in [2.05, 4.69) is 36.9 Å². The standard InChI is InChI=1S/C31H46N2O5/c1-8-18(2)29(5)15-24(38-28(36)32-27(35)22-17-33-14-11-21(22)16-33)30(6)19(3)9-12-31(20(4)26(29)34)13-10-23(37-7)25(30)31/h1,18-25H,9-17H2,2-7H3,(H,32,35,36)/t18?,19-,20+,21+,22+,23-,24-,25?,29+,30+,31?/m1/s1. The van der Waals surface area contributed by atoms with Crippen LogP contribution in [0.4, 0.5) is 4.79 Å².